The molecule has 2 rings (SSSR count). The first kappa shape index (κ1) is 36.9. The Hall–Kier alpha value is -3.32. The molecule has 0 saturated heterocycles. The molecule has 244 valence electrons. The number of amides is 4. The van der Waals surface area contributed by atoms with Gasteiger partial charge in [0.15, 0.2) is 0 Å². The van der Waals surface area contributed by atoms with E-state index in [4.69, 9.17) is 11.6 Å². The summed E-state index contributed by atoms with van der Waals surface area (Å²) in [6.07, 6.45) is 1.41. The zero-order valence-electron chi connectivity index (χ0n) is 25.0. The average Bonchev–Trinajstić information content (AvgIpc) is 2.97. The Morgan fingerprint density at radius 2 is 1.45 bits per heavy atom. The number of carbonyl (C=O) groups excluding carboxylic acids is 4. The van der Waals surface area contributed by atoms with Gasteiger partial charge in [0, 0.05) is 29.7 Å². The van der Waals surface area contributed by atoms with Crippen molar-refractivity contribution in [1.82, 2.24) is 21.3 Å². The molecule has 0 unspecified atom stereocenters. The highest BCUT2D eigenvalue weighted by atomic mass is 35.5. The number of benzene rings is 1. The minimum absolute atomic E-state index is 0.00652. The maximum absolute atomic E-state index is 13.3. The number of nitrogens with one attached hydrogen (secondary N) is 4. The fourth-order valence-corrected chi connectivity index (χ4v) is 5.50. The Balaban J connectivity index is 2.04. The first-order valence-corrected chi connectivity index (χ1v) is 15.8. The molecule has 0 bridgehead atoms. The summed E-state index contributed by atoms with van der Waals surface area (Å²) in [5.74, 6) is -5.42. The zero-order valence-corrected chi connectivity index (χ0v) is 26.7. The summed E-state index contributed by atoms with van der Waals surface area (Å²) in [5, 5.41) is 29.6. The van der Waals surface area contributed by atoms with Crippen LogP contribution in [0.1, 0.15) is 64.4 Å². The lowest BCUT2D eigenvalue weighted by molar-refractivity contribution is -0.144. The van der Waals surface area contributed by atoms with Crippen LogP contribution in [0, 0.1) is 17.8 Å². The summed E-state index contributed by atoms with van der Waals surface area (Å²) < 4.78 is 0. The van der Waals surface area contributed by atoms with Gasteiger partial charge in [-0.05, 0) is 62.5 Å². The van der Waals surface area contributed by atoms with E-state index in [0.29, 0.717) is 37.1 Å². The Labute approximate surface area is 267 Å². The molecular weight excluding hydrogens is 612 g/mol. The quantitative estimate of drug-likeness (QED) is 0.124. The van der Waals surface area contributed by atoms with E-state index < -0.39 is 71.9 Å². The Bertz CT molecular complexity index is 1180. The van der Waals surface area contributed by atoms with Crippen LogP contribution in [0.15, 0.2) is 24.3 Å². The third kappa shape index (κ3) is 12.4. The van der Waals surface area contributed by atoms with Gasteiger partial charge in [-0.1, -0.05) is 43.6 Å². The molecule has 1 aliphatic carbocycles. The van der Waals surface area contributed by atoms with Crippen molar-refractivity contribution in [3.63, 3.8) is 0 Å². The second-order valence-corrected chi connectivity index (χ2v) is 12.2. The van der Waals surface area contributed by atoms with E-state index in [1.807, 2.05) is 26.0 Å². The predicted molar refractivity (Wildman–Crippen MR) is 167 cm³/mol. The van der Waals surface area contributed by atoms with Crippen LogP contribution in [0.2, 0.25) is 5.02 Å². The Kier molecular flexibility index (Phi) is 15.5. The molecule has 0 spiro atoms. The van der Waals surface area contributed by atoms with Crippen LogP contribution in [0.4, 0.5) is 0 Å². The summed E-state index contributed by atoms with van der Waals surface area (Å²) >= 11 is 10.4. The van der Waals surface area contributed by atoms with Crippen LogP contribution in [0.25, 0.3) is 0 Å². The van der Waals surface area contributed by atoms with Crippen LogP contribution in [0.5, 0.6) is 0 Å². The smallest absolute Gasteiger partial charge is 0.306 e. The van der Waals surface area contributed by atoms with Crippen molar-refractivity contribution in [1.29, 1.82) is 0 Å². The van der Waals surface area contributed by atoms with E-state index in [-0.39, 0.29) is 31.1 Å². The number of carboxylic acids is 2. The highest BCUT2D eigenvalue weighted by molar-refractivity contribution is 7.80. The molecule has 1 saturated carbocycles. The van der Waals surface area contributed by atoms with Gasteiger partial charge in [0.2, 0.25) is 23.6 Å². The van der Waals surface area contributed by atoms with Gasteiger partial charge in [0.05, 0.1) is 5.92 Å². The molecule has 0 heterocycles. The molecule has 4 amide bonds. The van der Waals surface area contributed by atoms with Crippen LogP contribution in [-0.2, 0) is 35.2 Å². The molecule has 3 atom stereocenters. The number of hydrogen-bond donors (Lipinski definition) is 7. The molecule has 6 N–H and O–H groups in total. The molecule has 12 nitrogen and oxygen atoms in total. The van der Waals surface area contributed by atoms with Crippen LogP contribution in [0.3, 0.4) is 0 Å². The van der Waals surface area contributed by atoms with Crippen molar-refractivity contribution in [3.05, 3.63) is 34.9 Å². The number of carboxylic acid groups (broad SMARTS) is 2. The minimum atomic E-state index is -1.23. The minimum Gasteiger partial charge on any atom is -0.481 e. The van der Waals surface area contributed by atoms with Crippen LogP contribution >= 0.6 is 24.2 Å². The highest BCUT2D eigenvalue weighted by Gasteiger charge is 2.34. The van der Waals surface area contributed by atoms with Gasteiger partial charge in [-0.2, -0.15) is 12.6 Å². The van der Waals surface area contributed by atoms with E-state index in [0.717, 1.165) is 5.56 Å². The monoisotopic (exact) mass is 654 g/mol. The number of aliphatic carboxylic acids is 2. The lowest BCUT2D eigenvalue weighted by Gasteiger charge is -2.28. The van der Waals surface area contributed by atoms with E-state index >= 15 is 0 Å². The predicted octanol–water partition coefficient (Wildman–Crippen LogP) is 2.18. The van der Waals surface area contributed by atoms with E-state index in [1.165, 1.54) is 0 Å². The first-order chi connectivity index (χ1) is 20.8. The number of halogens is 1. The molecule has 14 heteroatoms. The fraction of sp³-hybridized carbons (Fsp3) is 0.600. The number of thiol groups is 1. The van der Waals surface area contributed by atoms with Gasteiger partial charge in [0.25, 0.3) is 0 Å². The van der Waals surface area contributed by atoms with Gasteiger partial charge in [-0.15, -0.1) is 0 Å². The third-order valence-electron chi connectivity index (χ3n) is 7.53. The number of hydrogen-bond acceptors (Lipinski definition) is 7. The second kappa shape index (κ2) is 18.5. The zero-order chi connectivity index (χ0) is 32.8. The van der Waals surface area contributed by atoms with Crippen molar-refractivity contribution < 1.29 is 39.0 Å². The molecule has 1 aromatic rings. The summed E-state index contributed by atoms with van der Waals surface area (Å²) in [4.78, 5) is 74.9. The van der Waals surface area contributed by atoms with Gasteiger partial charge >= 0.3 is 11.9 Å². The summed E-state index contributed by atoms with van der Waals surface area (Å²) in [6.45, 7) is 3.97. The Morgan fingerprint density at radius 1 is 0.864 bits per heavy atom. The highest BCUT2D eigenvalue weighted by Crippen LogP contribution is 2.29. The van der Waals surface area contributed by atoms with Crippen LogP contribution in [-0.4, -0.2) is 76.2 Å². The fourth-order valence-electron chi connectivity index (χ4n) is 5.02. The van der Waals surface area contributed by atoms with Crippen molar-refractivity contribution in [2.45, 2.75) is 83.3 Å². The van der Waals surface area contributed by atoms with Crippen molar-refractivity contribution >= 4 is 59.8 Å². The van der Waals surface area contributed by atoms with Gasteiger partial charge < -0.3 is 31.5 Å². The van der Waals surface area contributed by atoms with Crippen molar-refractivity contribution in [2.75, 3.05) is 12.3 Å². The van der Waals surface area contributed by atoms with Crippen LogP contribution < -0.4 is 21.3 Å². The summed E-state index contributed by atoms with van der Waals surface area (Å²) in [6, 6.07) is 3.95. The molecule has 1 aromatic carbocycles. The lowest BCUT2D eigenvalue weighted by Crippen LogP contribution is -2.57. The molecular formula is C30H43ClN4O8S. The maximum Gasteiger partial charge on any atom is 0.306 e. The van der Waals surface area contributed by atoms with Gasteiger partial charge in [-0.3, -0.25) is 28.8 Å². The van der Waals surface area contributed by atoms with E-state index in [9.17, 15) is 39.0 Å². The molecule has 44 heavy (non-hydrogen) atoms. The first-order valence-electron chi connectivity index (χ1n) is 14.8. The second-order valence-electron chi connectivity index (χ2n) is 11.4. The number of rotatable bonds is 17. The SMILES string of the molecule is CC(C)C[C@H](NC(=O)[C@H](CCC(=O)O)NC(=O)C1CCC(C(=O)O)CC1)C(=O)N[C@@H](CS)C(=O)NCCc1ccccc1Cl. The van der Waals surface area contributed by atoms with Crippen molar-refractivity contribution in [3.8, 4) is 0 Å². The summed E-state index contributed by atoms with van der Waals surface area (Å²) in [7, 11) is 0. The topological polar surface area (TPSA) is 191 Å². The molecule has 1 fully saturated rings. The summed E-state index contributed by atoms with van der Waals surface area (Å²) in [5.41, 5.74) is 0.859. The largest absolute Gasteiger partial charge is 0.481 e. The molecule has 0 radical (unpaired) electrons. The molecule has 0 aromatic heterocycles. The van der Waals surface area contributed by atoms with E-state index in [2.05, 4.69) is 33.9 Å². The third-order valence-corrected chi connectivity index (χ3v) is 8.27. The maximum atomic E-state index is 13.3. The Morgan fingerprint density at radius 3 is 2.02 bits per heavy atom. The molecule has 0 aliphatic heterocycles. The van der Waals surface area contributed by atoms with Crippen molar-refractivity contribution in [2.24, 2.45) is 17.8 Å². The lowest BCUT2D eigenvalue weighted by atomic mass is 9.81. The van der Waals surface area contributed by atoms with E-state index in [1.54, 1.807) is 12.1 Å². The number of carbonyl (C=O) groups is 6. The normalized spacial score (nSPS) is 18.4. The average molecular weight is 655 g/mol. The van der Waals surface area contributed by atoms with Gasteiger partial charge in [-0.25, -0.2) is 0 Å². The van der Waals surface area contributed by atoms with Gasteiger partial charge in [0.1, 0.15) is 18.1 Å². The molecule has 1 aliphatic rings. The standard InChI is InChI=1S/C30H43ClN4O8S/c1-17(2)15-23(29(41)35-24(16-44)27(39)32-14-13-18-5-3-4-6-21(18)31)34-28(40)22(11-12-25(36)37)33-26(38)19-7-9-20(10-8-19)30(42)43/h3-6,17,19-20,22-24,44H,7-16H2,1-2H3,(H,32,39)(H,33,38)(H,34,40)(H,35,41)(H,36,37)(H,42,43)/t19?,20?,22-,23-,24-/m0/s1.